The van der Waals surface area contributed by atoms with Gasteiger partial charge in [0, 0.05) is 23.1 Å². The van der Waals surface area contributed by atoms with Crippen molar-refractivity contribution in [3.05, 3.63) is 69.7 Å². The number of carboxylic acid groups (broad SMARTS) is 1. The lowest BCUT2D eigenvalue weighted by atomic mass is 10.1. The topological polar surface area (TPSA) is 166 Å². The van der Waals surface area contributed by atoms with Gasteiger partial charge in [0.15, 0.2) is 5.96 Å². The minimum absolute atomic E-state index is 0.0322. The zero-order chi connectivity index (χ0) is 26.0. The van der Waals surface area contributed by atoms with Gasteiger partial charge in [-0.1, -0.05) is 53.5 Å². The first kappa shape index (κ1) is 28.1. The molecule has 0 saturated heterocycles. The van der Waals surface area contributed by atoms with Gasteiger partial charge in [-0.05, 0) is 42.2 Å². The molecule has 12 heteroatoms. The summed E-state index contributed by atoms with van der Waals surface area (Å²) >= 11 is 12.1. The summed E-state index contributed by atoms with van der Waals surface area (Å²) in [6.45, 7) is 0.362. The quantitative estimate of drug-likeness (QED) is 0.123. The largest absolute Gasteiger partial charge is 0.480 e. The zero-order valence-corrected chi connectivity index (χ0v) is 20.4. The molecule has 0 bridgehead atoms. The number of aliphatic carboxylic acids is 1. The van der Waals surface area contributed by atoms with Crippen molar-refractivity contribution in [1.29, 1.82) is 5.41 Å². The van der Waals surface area contributed by atoms with Crippen molar-refractivity contribution in [3.8, 4) is 0 Å². The Hall–Kier alpha value is -3.18. The highest BCUT2D eigenvalue weighted by Gasteiger charge is 2.24. The number of amides is 2. The molecule has 2 aromatic rings. The van der Waals surface area contributed by atoms with E-state index in [9.17, 15) is 14.4 Å². The van der Waals surface area contributed by atoms with Crippen LogP contribution in [0.15, 0.2) is 48.5 Å². The molecule has 7 N–H and O–H groups in total. The van der Waals surface area contributed by atoms with E-state index in [0.29, 0.717) is 10.0 Å². The van der Waals surface area contributed by atoms with Crippen molar-refractivity contribution in [2.24, 2.45) is 11.5 Å². The minimum Gasteiger partial charge on any atom is -0.480 e. The molecule has 0 fully saturated rings. The molecule has 0 saturated carbocycles. The highest BCUT2D eigenvalue weighted by atomic mass is 35.5. The van der Waals surface area contributed by atoms with Crippen LogP contribution < -0.4 is 16.9 Å². The molecule has 0 spiro atoms. The normalized spacial score (nSPS) is 11.5. The number of rotatable bonds is 12. The van der Waals surface area contributed by atoms with Crippen LogP contribution in [0.4, 0.5) is 0 Å². The van der Waals surface area contributed by atoms with E-state index in [0.717, 1.165) is 16.0 Å². The maximum absolute atomic E-state index is 13.1. The number of nitrogens with one attached hydrogen (secondary N) is 2. The van der Waals surface area contributed by atoms with E-state index in [2.05, 4.69) is 5.43 Å². The number of nitrogens with two attached hydrogens (primary N) is 2. The Bertz CT molecular complexity index is 1030. The van der Waals surface area contributed by atoms with Gasteiger partial charge in [0.1, 0.15) is 12.5 Å². The Kier molecular flexibility index (Phi) is 10.9. The molecule has 0 aliphatic heterocycles. The molecule has 188 valence electrons. The van der Waals surface area contributed by atoms with Crippen molar-refractivity contribution in [3.63, 3.8) is 0 Å². The maximum Gasteiger partial charge on any atom is 0.320 e. The van der Waals surface area contributed by atoms with Crippen LogP contribution in [0, 0.1) is 5.41 Å². The van der Waals surface area contributed by atoms with Crippen LogP contribution in [0.1, 0.15) is 30.4 Å². The highest BCUT2D eigenvalue weighted by Crippen LogP contribution is 2.19. The van der Waals surface area contributed by atoms with E-state index in [-0.39, 0.29) is 32.5 Å². The lowest BCUT2D eigenvalue weighted by Gasteiger charge is -2.26. The van der Waals surface area contributed by atoms with Crippen LogP contribution in [-0.4, -0.2) is 51.3 Å². The fourth-order valence-electron chi connectivity index (χ4n) is 3.19. The molecule has 0 aliphatic carbocycles. The third kappa shape index (κ3) is 9.53. The lowest BCUT2D eigenvalue weighted by molar-refractivity contribution is -0.141. The molecular weight excluding hydrogens is 495 g/mol. The summed E-state index contributed by atoms with van der Waals surface area (Å²) in [6.07, 6.45) is -0.264. The molecule has 10 nitrogen and oxygen atoms in total. The van der Waals surface area contributed by atoms with Crippen LogP contribution in [0.25, 0.3) is 0 Å². The summed E-state index contributed by atoms with van der Waals surface area (Å²) in [4.78, 5) is 37.6. The summed E-state index contributed by atoms with van der Waals surface area (Å²) < 4.78 is 0. The van der Waals surface area contributed by atoms with Crippen molar-refractivity contribution < 1.29 is 19.5 Å². The number of carbonyl (C=O) groups is 3. The molecule has 1 atom stereocenters. The number of carboxylic acids is 1. The Morgan fingerprint density at radius 3 is 2.23 bits per heavy atom. The second-order valence-corrected chi connectivity index (χ2v) is 8.65. The number of halogens is 2. The van der Waals surface area contributed by atoms with Gasteiger partial charge in [-0.3, -0.25) is 29.7 Å². The molecule has 0 radical (unpaired) electrons. The van der Waals surface area contributed by atoms with Crippen molar-refractivity contribution in [2.75, 3.05) is 6.54 Å². The van der Waals surface area contributed by atoms with E-state index in [4.69, 9.17) is 45.2 Å². The van der Waals surface area contributed by atoms with Gasteiger partial charge in [-0.2, -0.15) is 0 Å². The third-order valence-electron chi connectivity index (χ3n) is 4.99. The summed E-state index contributed by atoms with van der Waals surface area (Å²) in [5, 5.41) is 18.8. The fourth-order valence-corrected chi connectivity index (χ4v) is 3.76. The van der Waals surface area contributed by atoms with Crippen LogP contribution in [0.3, 0.4) is 0 Å². The van der Waals surface area contributed by atoms with Gasteiger partial charge in [0.25, 0.3) is 0 Å². The average molecular weight is 523 g/mol. The predicted octanol–water partition coefficient (Wildman–Crippen LogP) is 2.33. The second-order valence-electron chi connectivity index (χ2n) is 7.77. The van der Waals surface area contributed by atoms with E-state index >= 15 is 0 Å². The molecule has 2 amide bonds. The Balaban J connectivity index is 2.09. The first-order chi connectivity index (χ1) is 16.6. The molecule has 0 aromatic heterocycles. The monoisotopic (exact) mass is 522 g/mol. The van der Waals surface area contributed by atoms with Gasteiger partial charge < -0.3 is 16.6 Å². The van der Waals surface area contributed by atoms with Gasteiger partial charge in [-0.15, -0.1) is 0 Å². The van der Waals surface area contributed by atoms with Crippen LogP contribution >= 0.6 is 23.2 Å². The Morgan fingerprint density at radius 1 is 1.03 bits per heavy atom. The summed E-state index contributed by atoms with van der Waals surface area (Å²) in [5.41, 5.74) is 15.6. The Labute approximate surface area is 213 Å². The smallest absolute Gasteiger partial charge is 0.320 e. The summed E-state index contributed by atoms with van der Waals surface area (Å²) in [7, 11) is 0. The summed E-state index contributed by atoms with van der Waals surface area (Å²) in [6, 6.07) is 13.1. The minimum atomic E-state index is -1.16. The first-order valence-electron chi connectivity index (χ1n) is 10.7. The standard InChI is InChI=1S/C23H28Cl2N6O4/c24-17-9-16(10-18(25)11-17)13-29-31(14-15-5-2-1-3-6-15)21(33)12-20(32)30(23(27)28)8-4-7-19(26)22(34)35/h1-3,5-6,9-11,19,29H,4,7-8,12-14,26H2,(H3,27,28)(H,34,35). The van der Waals surface area contributed by atoms with Crippen LogP contribution in [0.5, 0.6) is 0 Å². The molecular formula is C23H28Cl2N6O4. The van der Waals surface area contributed by atoms with Crippen molar-refractivity contribution in [1.82, 2.24) is 15.3 Å². The Morgan fingerprint density at radius 2 is 1.66 bits per heavy atom. The van der Waals surface area contributed by atoms with Gasteiger partial charge in [0.2, 0.25) is 11.8 Å². The highest BCUT2D eigenvalue weighted by molar-refractivity contribution is 6.34. The maximum atomic E-state index is 13.1. The number of nitrogens with zero attached hydrogens (tertiary/aromatic N) is 2. The number of benzene rings is 2. The van der Waals surface area contributed by atoms with E-state index in [1.165, 1.54) is 5.01 Å². The van der Waals surface area contributed by atoms with E-state index in [1.54, 1.807) is 18.2 Å². The van der Waals surface area contributed by atoms with Gasteiger partial charge >= 0.3 is 5.97 Å². The van der Waals surface area contributed by atoms with Crippen LogP contribution in [-0.2, 0) is 27.5 Å². The van der Waals surface area contributed by atoms with Gasteiger partial charge in [-0.25, -0.2) is 5.43 Å². The average Bonchev–Trinajstić information content (AvgIpc) is 2.78. The summed E-state index contributed by atoms with van der Waals surface area (Å²) in [5.74, 6) is -2.93. The molecule has 2 aromatic carbocycles. The zero-order valence-electron chi connectivity index (χ0n) is 18.9. The van der Waals surface area contributed by atoms with Crippen molar-refractivity contribution >= 4 is 46.9 Å². The van der Waals surface area contributed by atoms with Crippen LogP contribution in [0.2, 0.25) is 10.0 Å². The molecule has 1 unspecified atom stereocenters. The number of guanidine groups is 1. The fraction of sp³-hybridized carbons (Fsp3) is 0.304. The second kappa shape index (κ2) is 13.6. The lowest BCUT2D eigenvalue weighted by Crippen LogP contribution is -2.47. The van der Waals surface area contributed by atoms with E-state index < -0.39 is 36.2 Å². The van der Waals surface area contributed by atoms with Gasteiger partial charge in [0.05, 0.1) is 6.54 Å². The number of carbonyl (C=O) groups excluding carboxylic acids is 2. The first-order valence-corrected chi connectivity index (χ1v) is 11.5. The molecule has 2 rings (SSSR count). The molecule has 0 heterocycles. The number of hydrogen-bond donors (Lipinski definition) is 5. The number of hydrazine groups is 1. The predicted molar refractivity (Wildman–Crippen MR) is 133 cm³/mol. The van der Waals surface area contributed by atoms with Crippen molar-refractivity contribution in [2.45, 2.75) is 38.4 Å². The molecule has 0 aliphatic rings. The SMILES string of the molecule is N=C(N)N(CCCC(N)C(=O)O)C(=O)CC(=O)N(Cc1ccccc1)NCc1cc(Cl)cc(Cl)c1. The third-order valence-corrected chi connectivity index (χ3v) is 5.43. The number of hydrogen-bond acceptors (Lipinski definition) is 6. The van der Waals surface area contributed by atoms with E-state index in [1.807, 2.05) is 30.3 Å². The molecule has 35 heavy (non-hydrogen) atoms.